The molecule has 2 rings (SSSR count). The van der Waals surface area contributed by atoms with Gasteiger partial charge in [0, 0.05) is 25.8 Å². The van der Waals surface area contributed by atoms with Gasteiger partial charge in [0.2, 0.25) is 10.0 Å². The summed E-state index contributed by atoms with van der Waals surface area (Å²) in [5.74, 6) is 0.257. The summed E-state index contributed by atoms with van der Waals surface area (Å²) in [5, 5.41) is 4.09. The molecule has 1 saturated heterocycles. The van der Waals surface area contributed by atoms with E-state index in [1.54, 1.807) is 10.9 Å². The number of nitrogens with zero attached hydrogens (tertiary/aromatic N) is 3. The first-order valence-electron chi connectivity index (χ1n) is 5.92. The summed E-state index contributed by atoms with van der Waals surface area (Å²) < 4.78 is 26.2. The molecule has 1 aliphatic rings. The number of rotatable bonds is 4. The third-order valence-corrected chi connectivity index (χ3v) is 4.45. The predicted molar refractivity (Wildman–Crippen MR) is 66.8 cm³/mol. The van der Waals surface area contributed by atoms with Crippen molar-refractivity contribution in [2.75, 3.05) is 19.3 Å². The van der Waals surface area contributed by atoms with Crippen molar-refractivity contribution in [2.24, 2.45) is 5.92 Å². The zero-order valence-corrected chi connectivity index (χ0v) is 11.1. The van der Waals surface area contributed by atoms with E-state index >= 15 is 0 Å². The average molecular weight is 271 g/mol. The minimum Gasteiger partial charge on any atom is -0.298 e. The van der Waals surface area contributed by atoms with E-state index < -0.39 is 10.0 Å². The van der Waals surface area contributed by atoms with E-state index in [4.69, 9.17) is 0 Å². The lowest BCUT2D eigenvalue weighted by Gasteiger charge is -2.30. The summed E-state index contributed by atoms with van der Waals surface area (Å²) in [5.41, 5.74) is 0.547. The Hall–Kier alpha value is -1.21. The van der Waals surface area contributed by atoms with Crippen LogP contribution in [0.4, 0.5) is 0 Å². The highest BCUT2D eigenvalue weighted by molar-refractivity contribution is 7.88. The van der Waals surface area contributed by atoms with Crippen LogP contribution in [0.2, 0.25) is 0 Å². The van der Waals surface area contributed by atoms with Crippen LogP contribution in [0.15, 0.2) is 12.4 Å². The van der Waals surface area contributed by atoms with Gasteiger partial charge in [-0.15, -0.1) is 0 Å². The Morgan fingerprint density at radius 2 is 2.33 bits per heavy atom. The molecule has 1 aromatic rings. The van der Waals surface area contributed by atoms with E-state index in [0.717, 1.165) is 19.1 Å². The van der Waals surface area contributed by atoms with Gasteiger partial charge in [-0.05, 0) is 18.8 Å². The van der Waals surface area contributed by atoms with E-state index in [0.29, 0.717) is 25.2 Å². The highest BCUT2D eigenvalue weighted by Crippen LogP contribution is 2.20. The lowest BCUT2D eigenvalue weighted by atomic mass is 10.00. The van der Waals surface area contributed by atoms with Gasteiger partial charge in [0.1, 0.15) is 0 Å². The third-order valence-electron chi connectivity index (χ3n) is 3.19. The van der Waals surface area contributed by atoms with E-state index in [2.05, 4.69) is 5.10 Å². The quantitative estimate of drug-likeness (QED) is 0.742. The molecule has 0 spiro atoms. The second kappa shape index (κ2) is 5.19. The van der Waals surface area contributed by atoms with Crippen molar-refractivity contribution in [1.82, 2.24) is 14.1 Å². The SMILES string of the molecule is CS(=O)(=O)N1CCCC(Cn2cc(C=O)cn2)C1. The van der Waals surface area contributed by atoms with Crippen LogP contribution in [0.5, 0.6) is 0 Å². The Labute approximate surface area is 107 Å². The molecule has 100 valence electrons. The predicted octanol–water partition coefficient (Wildman–Crippen LogP) is 0.367. The Morgan fingerprint density at radius 1 is 1.56 bits per heavy atom. The van der Waals surface area contributed by atoms with Gasteiger partial charge in [0.25, 0.3) is 0 Å². The molecule has 1 aromatic heterocycles. The minimum atomic E-state index is -3.10. The third kappa shape index (κ3) is 3.17. The summed E-state index contributed by atoms with van der Waals surface area (Å²) in [6, 6.07) is 0. The van der Waals surface area contributed by atoms with Gasteiger partial charge in [-0.1, -0.05) is 0 Å². The maximum absolute atomic E-state index is 11.5. The van der Waals surface area contributed by atoms with Gasteiger partial charge in [0.15, 0.2) is 6.29 Å². The number of carbonyl (C=O) groups is 1. The van der Waals surface area contributed by atoms with E-state index in [-0.39, 0.29) is 5.92 Å². The zero-order chi connectivity index (χ0) is 13.2. The van der Waals surface area contributed by atoms with E-state index in [9.17, 15) is 13.2 Å². The molecule has 18 heavy (non-hydrogen) atoms. The normalized spacial score (nSPS) is 21.9. The first-order valence-corrected chi connectivity index (χ1v) is 7.76. The largest absolute Gasteiger partial charge is 0.298 e. The van der Waals surface area contributed by atoms with E-state index in [1.807, 2.05) is 0 Å². The zero-order valence-electron chi connectivity index (χ0n) is 10.3. The van der Waals surface area contributed by atoms with Gasteiger partial charge in [-0.3, -0.25) is 9.48 Å². The van der Waals surface area contributed by atoms with Crippen LogP contribution < -0.4 is 0 Å². The second-order valence-electron chi connectivity index (χ2n) is 4.74. The molecule has 0 amide bonds. The maximum Gasteiger partial charge on any atom is 0.211 e. The van der Waals surface area contributed by atoms with Crippen molar-refractivity contribution in [3.63, 3.8) is 0 Å². The summed E-state index contributed by atoms with van der Waals surface area (Å²) in [4.78, 5) is 10.6. The van der Waals surface area contributed by atoms with Gasteiger partial charge >= 0.3 is 0 Å². The average Bonchev–Trinajstić information content (AvgIpc) is 2.76. The second-order valence-corrected chi connectivity index (χ2v) is 6.73. The standard InChI is InChI=1S/C11H17N3O3S/c1-18(16,17)14-4-2-3-10(8-14)6-13-7-11(9-15)5-12-13/h5,7,9-10H,2-4,6,8H2,1H3. The number of sulfonamides is 1. The van der Waals surface area contributed by atoms with Crippen LogP contribution in [0.1, 0.15) is 23.2 Å². The highest BCUT2D eigenvalue weighted by Gasteiger charge is 2.26. The fourth-order valence-electron chi connectivity index (χ4n) is 2.28. The number of piperidine rings is 1. The molecule has 1 atom stereocenters. The van der Waals surface area contributed by atoms with Crippen LogP contribution >= 0.6 is 0 Å². The molecular weight excluding hydrogens is 254 g/mol. The van der Waals surface area contributed by atoms with E-state index in [1.165, 1.54) is 16.8 Å². The monoisotopic (exact) mass is 271 g/mol. The van der Waals surface area contributed by atoms with Crippen LogP contribution in [-0.4, -0.2) is 48.1 Å². The molecule has 7 heteroatoms. The van der Waals surface area contributed by atoms with Crippen molar-refractivity contribution >= 4 is 16.3 Å². The molecule has 1 aliphatic heterocycles. The van der Waals surface area contributed by atoms with Gasteiger partial charge < -0.3 is 0 Å². The molecular formula is C11H17N3O3S. The number of hydrogen-bond acceptors (Lipinski definition) is 4. The topological polar surface area (TPSA) is 72.3 Å². The van der Waals surface area contributed by atoms with Gasteiger partial charge in [-0.2, -0.15) is 5.10 Å². The van der Waals surface area contributed by atoms with Crippen molar-refractivity contribution in [3.05, 3.63) is 18.0 Å². The minimum absolute atomic E-state index is 0.257. The molecule has 1 fully saturated rings. The fourth-order valence-corrected chi connectivity index (χ4v) is 3.22. The Kier molecular flexibility index (Phi) is 3.82. The molecule has 0 radical (unpaired) electrons. The molecule has 0 N–H and O–H groups in total. The first-order chi connectivity index (χ1) is 8.49. The Morgan fingerprint density at radius 3 is 2.94 bits per heavy atom. The van der Waals surface area contributed by atoms with Crippen LogP contribution in [0.3, 0.4) is 0 Å². The number of carbonyl (C=O) groups excluding carboxylic acids is 1. The van der Waals surface area contributed by atoms with Crippen molar-refractivity contribution in [1.29, 1.82) is 0 Å². The smallest absolute Gasteiger partial charge is 0.211 e. The number of aromatic nitrogens is 2. The highest BCUT2D eigenvalue weighted by atomic mass is 32.2. The first kappa shape index (κ1) is 13.2. The summed E-state index contributed by atoms with van der Waals surface area (Å²) in [6.07, 6.45) is 7.07. The molecule has 0 aliphatic carbocycles. The Bertz CT molecular complexity index is 523. The van der Waals surface area contributed by atoms with Crippen molar-refractivity contribution in [3.8, 4) is 0 Å². The molecule has 0 saturated carbocycles. The van der Waals surface area contributed by atoms with Crippen LogP contribution in [0.25, 0.3) is 0 Å². The molecule has 6 nitrogen and oxygen atoms in total. The lowest BCUT2D eigenvalue weighted by molar-refractivity contribution is 0.112. The molecule has 2 heterocycles. The van der Waals surface area contributed by atoms with Crippen molar-refractivity contribution < 1.29 is 13.2 Å². The number of aldehydes is 1. The molecule has 1 unspecified atom stereocenters. The maximum atomic E-state index is 11.5. The molecule has 0 bridgehead atoms. The van der Waals surface area contributed by atoms with Crippen LogP contribution in [-0.2, 0) is 16.6 Å². The Balaban J connectivity index is 1.99. The van der Waals surface area contributed by atoms with Gasteiger partial charge in [0.05, 0.1) is 18.0 Å². The summed E-state index contributed by atoms with van der Waals surface area (Å²) in [6.45, 7) is 1.79. The lowest BCUT2D eigenvalue weighted by Crippen LogP contribution is -2.40. The van der Waals surface area contributed by atoms with Gasteiger partial charge in [-0.25, -0.2) is 12.7 Å². The number of hydrogen-bond donors (Lipinski definition) is 0. The summed E-state index contributed by atoms with van der Waals surface area (Å²) in [7, 11) is -3.10. The summed E-state index contributed by atoms with van der Waals surface area (Å²) >= 11 is 0. The van der Waals surface area contributed by atoms with Crippen LogP contribution in [0, 0.1) is 5.92 Å². The molecule has 0 aromatic carbocycles. The van der Waals surface area contributed by atoms with Crippen molar-refractivity contribution in [2.45, 2.75) is 19.4 Å². The fraction of sp³-hybridized carbons (Fsp3) is 0.636.